The highest BCUT2D eigenvalue weighted by molar-refractivity contribution is 7.88. The number of nitrogens with zero attached hydrogens (tertiary/aromatic N) is 1. The van der Waals surface area contributed by atoms with E-state index < -0.39 is 10.0 Å². The van der Waals surface area contributed by atoms with Gasteiger partial charge < -0.3 is 5.73 Å². The van der Waals surface area contributed by atoms with Crippen molar-refractivity contribution in [1.29, 1.82) is 0 Å². The maximum Gasteiger partial charge on any atom is 0.211 e. The van der Waals surface area contributed by atoms with Crippen LogP contribution in [0.3, 0.4) is 0 Å². The molecule has 2 unspecified atom stereocenters. The van der Waals surface area contributed by atoms with Gasteiger partial charge in [0.2, 0.25) is 10.0 Å². The molecule has 0 aromatic carbocycles. The summed E-state index contributed by atoms with van der Waals surface area (Å²) in [5, 5.41) is 0. The smallest absolute Gasteiger partial charge is 0.211 e. The fraction of sp³-hybridized carbons (Fsp3) is 1.00. The molecule has 86 valence electrons. The van der Waals surface area contributed by atoms with E-state index in [1.54, 1.807) is 4.31 Å². The molecule has 0 radical (unpaired) electrons. The highest BCUT2D eigenvalue weighted by Gasteiger charge is 2.32. The minimum atomic E-state index is -3.07. The lowest BCUT2D eigenvalue weighted by Crippen LogP contribution is -2.50. The van der Waals surface area contributed by atoms with E-state index in [-0.39, 0.29) is 18.4 Å². The standard InChI is InChI=1S/C8H18N2O2S.ClH/c1-7-4-3-5-10(8(7)6-9)13(2,11)12;/h7-8H,3-6,9H2,1-2H3;1H. The van der Waals surface area contributed by atoms with Crippen LogP contribution in [0.2, 0.25) is 0 Å². The van der Waals surface area contributed by atoms with Gasteiger partial charge in [0.15, 0.2) is 0 Å². The average molecular weight is 243 g/mol. The van der Waals surface area contributed by atoms with Crippen molar-refractivity contribution in [2.24, 2.45) is 11.7 Å². The number of nitrogens with two attached hydrogens (primary N) is 1. The second-order valence-electron chi connectivity index (χ2n) is 3.80. The Morgan fingerprint density at radius 2 is 2.07 bits per heavy atom. The molecule has 0 aromatic rings. The van der Waals surface area contributed by atoms with Crippen molar-refractivity contribution in [1.82, 2.24) is 4.31 Å². The Morgan fingerprint density at radius 3 is 2.43 bits per heavy atom. The Labute approximate surface area is 92.3 Å². The van der Waals surface area contributed by atoms with E-state index in [0.717, 1.165) is 12.8 Å². The van der Waals surface area contributed by atoms with Crippen molar-refractivity contribution < 1.29 is 8.42 Å². The Kier molecular flexibility index (Phi) is 5.36. The molecule has 2 atom stereocenters. The SMILES string of the molecule is CC1CCCN(S(C)(=O)=O)C1CN.Cl. The summed E-state index contributed by atoms with van der Waals surface area (Å²) >= 11 is 0. The molecule has 1 fully saturated rings. The van der Waals surface area contributed by atoms with Crippen LogP contribution >= 0.6 is 12.4 Å². The first-order valence-corrected chi connectivity index (χ1v) is 6.48. The third-order valence-electron chi connectivity index (χ3n) is 2.73. The molecule has 0 aromatic heterocycles. The first-order valence-electron chi connectivity index (χ1n) is 4.63. The monoisotopic (exact) mass is 242 g/mol. The van der Waals surface area contributed by atoms with E-state index in [4.69, 9.17) is 5.73 Å². The second-order valence-corrected chi connectivity index (χ2v) is 5.73. The van der Waals surface area contributed by atoms with Gasteiger partial charge in [-0.2, -0.15) is 4.31 Å². The Morgan fingerprint density at radius 1 is 1.50 bits per heavy atom. The third-order valence-corrected chi connectivity index (χ3v) is 4.04. The quantitative estimate of drug-likeness (QED) is 0.764. The molecule has 1 aliphatic heterocycles. The summed E-state index contributed by atoms with van der Waals surface area (Å²) in [6, 6.07) is 0.00347. The first kappa shape index (κ1) is 14.2. The molecule has 1 aliphatic rings. The predicted molar refractivity (Wildman–Crippen MR) is 60.0 cm³/mol. The van der Waals surface area contributed by atoms with Gasteiger partial charge in [0.1, 0.15) is 0 Å². The van der Waals surface area contributed by atoms with Gasteiger partial charge in [0.25, 0.3) is 0 Å². The minimum Gasteiger partial charge on any atom is -0.329 e. The van der Waals surface area contributed by atoms with Gasteiger partial charge in [-0.15, -0.1) is 12.4 Å². The fourth-order valence-corrected chi connectivity index (χ4v) is 3.22. The van der Waals surface area contributed by atoms with Gasteiger partial charge >= 0.3 is 0 Å². The van der Waals surface area contributed by atoms with Crippen molar-refractivity contribution in [3.8, 4) is 0 Å². The van der Waals surface area contributed by atoms with E-state index in [0.29, 0.717) is 19.0 Å². The molecule has 6 heteroatoms. The maximum atomic E-state index is 11.4. The molecular formula is C8H19ClN2O2S. The average Bonchev–Trinajstić information content (AvgIpc) is 2.02. The van der Waals surface area contributed by atoms with E-state index in [9.17, 15) is 8.42 Å². The van der Waals surface area contributed by atoms with Crippen LogP contribution in [0.1, 0.15) is 19.8 Å². The molecular weight excluding hydrogens is 224 g/mol. The lowest BCUT2D eigenvalue weighted by Gasteiger charge is -2.37. The maximum absolute atomic E-state index is 11.4. The fourth-order valence-electron chi connectivity index (χ4n) is 1.97. The summed E-state index contributed by atoms with van der Waals surface area (Å²) in [7, 11) is -3.07. The summed E-state index contributed by atoms with van der Waals surface area (Å²) in [5.41, 5.74) is 5.57. The van der Waals surface area contributed by atoms with E-state index in [1.807, 2.05) is 0 Å². The molecule has 1 rings (SSSR count). The van der Waals surface area contributed by atoms with Crippen LogP contribution < -0.4 is 5.73 Å². The number of rotatable bonds is 2. The Balaban J connectivity index is 0.00000169. The van der Waals surface area contributed by atoms with E-state index in [2.05, 4.69) is 6.92 Å². The molecule has 0 bridgehead atoms. The largest absolute Gasteiger partial charge is 0.329 e. The van der Waals surface area contributed by atoms with Gasteiger partial charge in [-0.05, 0) is 18.8 Å². The minimum absolute atomic E-state index is 0. The summed E-state index contributed by atoms with van der Waals surface area (Å²) in [6.45, 7) is 3.12. The summed E-state index contributed by atoms with van der Waals surface area (Å²) in [6.07, 6.45) is 3.28. The molecule has 0 spiro atoms. The molecule has 2 N–H and O–H groups in total. The lowest BCUT2D eigenvalue weighted by molar-refractivity contribution is 0.193. The van der Waals surface area contributed by atoms with Gasteiger partial charge in [-0.1, -0.05) is 6.92 Å². The van der Waals surface area contributed by atoms with Crippen LogP contribution in [-0.2, 0) is 10.0 Å². The highest BCUT2D eigenvalue weighted by Crippen LogP contribution is 2.24. The second kappa shape index (κ2) is 5.30. The number of hydrogen-bond acceptors (Lipinski definition) is 3. The van der Waals surface area contributed by atoms with Crippen molar-refractivity contribution in [2.75, 3.05) is 19.3 Å². The van der Waals surface area contributed by atoms with E-state index >= 15 is 0 Å². The summed E-state index contributed by atoms with van der Waals surface area (Å²) in [5.74, 6) is 0.383. The van der Waals surface area contributed by atoms with Gasteiger partial charge in [0.05, 0.1) is 6.26 Å². The van der Waals surface area contributed by atoms with Crippen LogP contribution in [0.4, 0.5) is 0 Å². The van der Waals surface area contributed by atoms with Crippen molar-refractivity contribution in [3.63, 3.8) is 0 Å². The van der Waals surface area contributed by atoms with E-state index in [1.165, 1.54) is 6.26 Å². The molecule has 1 saturated heterocycles. The van der Waals surface area contributed by atoms with Gasteiger partial charge in [0, 0.05) is 19.1 Å². The Bertz CT molecular complexity index is 269. The molecule has 4 nitrogen and oxygen atoms in total. The zero-order chi connectivity index (χ0) is 10.1. The first-order chi connectivity index (χ1) is 5.96. The number of piperidine rings is 1. The van der Waals surface area contributed by atoms with Crippen molar-refractivity contribution in [2.45, 2.75) is 25.8 Å². The van der Waals surface area contributed by atoms with Crippen LogP contribution in [0.25, 0.3) is 0 Å². The molecule has 0 aliphatic carbocycles. The molecule has 0 saturated carbocycles. The third kappa shape index (κ3) is 3.08. The number of halogens is 1. The van der Waals surface area contributed by atoms with Gasteiger partial charge in [-0.25, -0.2) is 8.42 Å². The van der Waals surface area contributed by atoms with Crippen molar-refractivity contribution >= 4 is 22.4 Å². The zero-order valence-corrected chi connectivity index (χ0v) is 10.3. The topological polar surface area (TPSA) is 63.4 Å². The summed E-state index contributed by atoms with van der Waals surface area (Å²) in [4.78, 5) is 0. The summed E-state index contributed by atoms with van der Waals surface area (Å²) < 4.78 is 24.3. The zero-order valence-electron chi connectivity index (χ0n) is 8.64. The van der Waals surface area contributed by atoms with Gasteiger partial charge in [-0.3, -0.25) is 0 Å². The number of hydrogen-bond donors (Lipinski definition) is 1. The Hall–Kier alpha value is 0.160. The molecule has 14 heavy (non-hydrogen) atoms. The van der Waals surface area contributed by atoms with Crippen LogP contribution in [0, 0.1) is 5.92 Å². The van der Waals surface area contributed by atoms with Crippen molar-refractivity contribution in [3.05, 3.63) is 0 Å². The van der Waals surface area contributed by atoms with Crippen LogP contribution in [0.15, 0.2) is 0 Å². The predicted octanol–water partition coefficient (Wildman–Crippen LogP) is 0.427. The number of sulfonamides is 1. The van der Waals surface area contributed by atoms with Crippen LogP contribution in [-0.4, -0.2) is 38.1 Å². The van der Waals surface area contributed by atoms with Crippen LogP contribution in [0.5, 0.6) is 0 Å². The lowest BCUT2D eigenvalue weighted by atomic mass is 9.93. The molecule has 0 amide bonds. The molecule has 1 heterocycles. The highest BCUT2D eigenvalue weighted by atomic mass is 35.5. The normalized spacial score (nSPS) is 29.6.